The van der Waals surface area contributed by atoms with E-state index in [2.05, 4.69) is 17.9 Å². The first-order valence-corrected chi connectivity index (χ1v) is 9.83. The van der Waals surface area contributed by atoms with Gasteiger partial charge in [0.15, 0.2) is 0 Å². The van der Waals surface area contributed by atoms with Crippen LogP contribution in [-0.2, 0) is 4.79 Å². The van der Waals surface area contributed by atoms with Crippen molar-refractivity contribution in [1.29, 1.82) is 0 Å². The Morgan fingerprint density at radius 3 is 2.05 bits per heavy atom. The normalized spacial score (nSPS) is 16.0. The van der Waals surface area contributed by atoms with Crippen molar-refractivity contribution in [2.45, 2.75) is 89.9 Å². The standard InChI is InChI=1S/C18H35NOS/c20-18(19-16-17-12-8-7-9-13-17)14-10-5-3-1-2-4-6-11-15-21/h17,21H,1-16H2,(H,19,20). The summed E-state index contributed by atoms with van der Waals surface area (Å²) in [6.45, 7) is 0.921. The number of amides is 1. The molecule has 0 saturated heterocycles. The molecule has 3 heteroatoms. The van der Waals surface area contributed by atoms with Crippen molar-refractivity contribution in [3.05, 3.63) is 0 Å². The Morgan fingerprint density at radius 1 is 0.857 bits per heavy atom. The number of nitrogens with one attached hydrogen (secondary N) is 1. The van der Waals surface area contributed by atoms with Gasteiger partial charge in [-0.3, -0.25) is 4.79 Å². The van der Waals surface area contributed by atoms with Crippen LogP contribution in [0.5, 0.6) is 0 Å². The van der Waals surface area contributed by atoms with Crippen LogP contribution in [0.3, 0.4) is 0 Å². The van der Waals surface area contributed by atoms with Crippen LogP contribution in [0.15, 0.2) is 0 Å². The van der Waals surface area contributed by atoms with Crippen LogP contribution in [0, 0.1) is 5.92 Å². The highest BCUT2D eigenvalue weighted by molar-refractivity contribution is 7.80. The molecule has 21 heavy (non-hydrogen) atoms. The second-order valence-electron chi connectivity index (χ2n) is 6.61. The lowest BCUT2D eigenvalue weighted by Crippen LogP contribution is -2.29. The molecule has 1 aliphatic rings. The Bertz CT molecular complexity index is 252. The highest BCUT2D eigenvalue weighted by Crippen LogP contribution is 2.22. The molecule has 0 unspecified atom stereocenters. The van der Waals surface area contributed by atoms with Gasteiger partial charge >= 0.3 is 0 Å². The van der Waals surface area contributed by atoms with E-state index in [4.69, 9.17) is 0 Å². The maximum atomic E-state index is 11.8. The van der Waals surface area contributed by atoms with Crippen molar-refractivity contribution >= 4 is 18.5 Å². The molecular weight excluding hydrogens is 278 g/mol. The summed E-state index contributed by atoms with van der Waals surface area (Å²) in [5.74, 6) is 2.05. The molecule has 1 N–H and O–H groups in total. The van der Waals surface area contributed by atoms with Gasteiger partial charge < -0.3 is 5.32 Å². The van der Waals surface area contributed by atoms with Gasteiger partial charge in [-0.05, 0) is 37.4 Å². The number of carbonyl (C=O) groups excluding carboxylic acids is 1. The lowest BCUT2D eigenvalue weighted by Gasteiger charge is -2.21. The smallest absolute Gasteiger partial charge is 0.220 e. The van der Waals surface area contributed by atoms with Crippen LogP contribution in [0.4, 0.5) is 0 Å². The van der Waals surface area contributed by atoms with E-state index in [1.165, 1.54) is 77.0 Å². The van der Waals surface area contributed by atoms with Gasteiger partial charge in [0, 0.05) is 13.0 Å². The molecule has 0 aromatic rings. The molecule has 1 saturated carbocycles. The van der Waals surface area contributed by atoms with Crippen molar-refractivity contribution in [2.75, 3.05) is 12.3 Å². The van der Waals surface area contributed by atoms with Gasteiger partial charge in [-0.15, -0.1) is 0 Å². The molecular formula is C18H35NOS. The van der Waals surface area contributed by atoms with Crippen molar-refractivity contribution in [1.82, 2.24) is 5.32 Å². The van der Waals surface area contributed by atoms with Crippen molar-refractivity contribution in [3.63, 3.8) is 0 Å². The van der Waals surface area contributed by atoms with E-state index in [1.807, 2.05) is 0 Å². The minimum atomic E-state index is 0.273. The quantitative estimate of drug-likeness (QED) is 0.380. The lowest BCUT2D eigenvalue weighted by molar-refractivity contribution is -0.121. The summed E-state index contributed by atoms with van der Waals surface area (Å²) in [5, 5.41) is 3.13. The summed E-state index contributed by atoms with van der Waals surface area (Å²) in [7, 11) is 0. The van der Waals surface area contributed by atoms with Crippen LogP contribution in [0.2, 0.25) is 0 Å². The second kappa shape index (κ2) is 13.5. The van der Waals surface area contributed by atoms with Crippen LogP contribution < -0.4 is 5.32 Å². The Hall–Kier alpha value is -0.180. The van der Waals surface area contributed by atoms with Gasteiger partial charge in [-0.25, -0.2) is 0 Å². The maximum absolute atomic E-state index is 11.8. The van der Waals surface area contributed by atoms with E-state index in [0.29, 0.717) is 0 Å². The third-order valence-corrected chi connectivity index (χ3v) is 4.94. The lowest BCUT2D eigenvalue weighted by atomic mass is 9.89. The molecule has 124 valence electrons. The predicted octanol–water partition coefficient (Wildman–Crippen LogP) is 5.12. The summed E-state index contributed by atoms with van der Waals surface area (Å²) in [4.78, 5) is 11.8. The number of thiol groups is 1. The molecule has 2 nitrogen and oxygen atoms in total. The highest BCUT2D eigenvalue weighted by atomic mass is 32.1. The minimum Gasteiger partial charge on any atom is -0.356 e. The number of hydrogen-bond acceptors (Lipinski definition) is 2. The molecule has 1 rings (SSSR count). The molecule has 1 fully saturated rings. The number of hydrogen-bond donors (Lipinski definition) is 2. The largest absolute Gasteiger partial charge is 0.356 e. The zero-order valence-electron chi connectivity index (χ0n) is 13.7. The number of carbonyl (C=O) groups is 1. The topological polar surface area (TPSA) is 29.1 Å². The van der Waals surface area contributed by atoms with Crippen LogP contribution in [0.25, 0.3) is 0 Å². The van der Waals surface area contributed by atoms with Crippen molar-refractivity contribution < 1.29 is 4.79 Å². The summed E-state index contributed by atoms with van der Waals surface area (Å²) < 4.78 is 0. The van der Waals surface area contributed by atoms with E-state index < -0.39 is 0 Å². The van der Waals surface area contributed by atoms with Gasteiger partial charge in [0.05, 0.1) is 0 Å². The number of unbranched alkanes of at least 4 members (excludes halogenated alkanes) is 7. The number of rotatable bonds is 12. The van der Waals surface area contributed by atoms with E-state index in [-0.39, 0.29) is 5.91 Å². The fourth-order valence-corrected chi connectivity index (χ4v) is 3.42. The SMILES string of the molecule is O=C(CCCCCCCCCCS)NCC1CCCCC1. The summed E-state index contributed by atoms with van der Waals surface area (Å²) in [5.41, 5.74) is 0. The average molecular weight is 314 g/mol. The Labute approximate surface area is 137 Å². The third-order valence-electron chi connectivity index (χ3n) is 4.62. The van der Waals surface area contributed by atoms with Crippen molar-refractivity contribution in [3.8, 4) is 0 Å². The molecule has 0 spiro atoms. The van der Waals surface area contributed by atoms with E-state index in [1.54, 1.807) is 0 Å². The van der Waals surface area contributed by atoms with Gasteiger partial charge in [-0.2, -0.15) is 12.6 Å². The fraction of sp³-hybridized carbons (Fsp3) is 0.944. The minimum absolute atomic E-state index is 0.273. The first-order valence-electron chi connectivity index (χ1n) is 9.20. The van der Waals surface area contributed by atoms with Gasteiger partial charge in [0.25, 0.3) is 0 Å². The maximum Gasteiger partial charge on any atom is 0.220 e. The molecule has 0 atom stereocenters. The predicted molar refractivity (Wildman–Crippen MR) is 95.0 cm³/mol. The molecule has 0 radical (unpaired) electrons. The molecule has 0 heterocycles. The highest BCUT2D eigenvalue weighted by Gasteiger charge is 2.13. The van der Waals surface area contributed by atoms with Crippen LogP contribution >= 0.6 is 12.6 Å². The zero-order valence-corrected chi connectivity index (χ0v) is 14.6. The Morgan fingerprint density at radius 2 is 1.43 bits per heavy atom. The molecule has 0 aromatic carbocycles. The third kappa shape index (κ3) is 11.1. The second-order valence-corrected chi connectivity index (χ2v) is 7.06. The average Bonchev–Trinajstić information content (AvgIpc) is 2.52. The van der Waals surface area contributed by atoms with Crippen LogP contribution in [-0.4, -0.2) is 18.2 Å². The first kappa shape index (κ1) is 18.9. The van der Waals surface area contributed by atoms with Crippen LogP contribution in [0.1, 0.15) is 89.9 Å². The summed E-state index contributed by atoms with van der Waals surface area (Å²) >= 11 is 4.22. The van der Waals surface area contributed by atoms with Gasteiger partial charge in [0.2, 0.25) is 5.91 Å². The molecule has 0 aliphatic heterocycles. The Kier molecular flexibility index (Phi) is 12.1. The summed E-state index contributed by atoms with van der Waals surface area (Å²) in [6, 6.07) is 0. The van der Waals surface area contributed by atoms with E-state index >= 15 is 0 Å². The molecule has 0 bridgehead atoms. The molecule has 1 aliphatic carbocycles. The monoisotopic (exact) mass is 313 g/mol. The Balaban J connectivity index is 1.82. The van der Waals surface area contributed by atoms with Gasteiger partial charge in [-0.1, -0.05) is 57.8 Å². The molecule has 0 aromatic heterocycles. The molecule has 1 amide bonds. The zero-order chi connectivity index (χ0) is 15.2. The van der Waals surface area contributed by atoms with Crippen molar-refractivity contribution in [2.24, 2.45) is 5.92 Å². The fourth-order valence-electron chi connectivity index (χ4n) is 3.20. The van der Waals surface area contributed by atoms with E-state index in [9.17, 15) is 4.79 Å². The first-order chi connectivity index (χ1) is 10.3. The van der Waals surface area contributed by atoms with Gasteiger partial charge in [0.1, 0.15) is 0 Å². The van der Waals surface area contributed by atoms with E-state index in [0.717, 1.165) is 31.1 Å². The summed E-state index contributed by atoms with van der Waals surface area (Å²) in [6.07, 6.45) is 17.6.